The van der Waals surface area contributed by atoms with Crippen molar-refractivity contribution in [2.45, 2.75) is 83.1 Å². The predicted octanol–water partition coefficient (Wildman–Crippen LogP) is 1.00. The van der Waals surface area contributed by atoms with Gasteiger partial charge >= 0.3 is 5.97 Å². The van der Waals surface area contributed by atoms with E-state index in [1.807, 2.05) is 20.8 Å². The van der Waals surface area contributed by atoms with E-state index >= 15 is 0 Å². The first kappa shape index (κ1) is 22.0. The van der Waals surface area contributed by atoms with E-state index in [2.05, 4.69) is 5.32 Å². The van der Waals surface area contributed by atoms with Gasteiger partial charge in [-0.15, -0.1) is 0 Å². The zero-order chi connectivity index (χ0) is 21.4. The van der Waals surface area contributed by atoms with Crippen molar-refractivity contribution in [3.8, 4) is 0 Å². The molecule has 0 radical (unpaired) electrons. The molecule has 2 bridgehead atoms. The van der Waals surface area contributed by atoms with E-state index in [0.717, 1.165) is 0 Å². The molecule has 0 aromatic rings. The summed E-state index contributed by atoms with van der Waals surface area (Å²) in [5.41, 5.74) is -1.75. The highest BCUT2D eigenvalue weighted by atomic mass is 16.6. The fourth-order valence-electron chi connectivity index (χ4n) is 5.61. The van der Waals surface area contributed by atoms with Gasteiger partial charge in [0.05, 0.1) is 18.1 Å². The number of amides is 2. The molecule has 5 atom stereocenters. The molecule has 3 heterocycles. The van der Waals surface area contributed by atoms with Crippen LogP contribution in [0.4, 0.5) is 0 Å². The zero-order valence-electron chi connectivity index (χ0n) is 17.9. The molecule has 0 aromatic heterocycles. The normalized spacial score (nSPS) is 35.3. The van der Waals surface area contributed by atoms with Gasteiger partial charge in [0.25, 0.3) is 0 Å². The summed E-state index contributed by atoms with van der Waals surface area (Å²) in [6, 6.07) is -0.846. The Balaban J connectivity index is 2.02. The Kier molecular flexibility index (Phi) is 6.24. The molecule has 164 valence electrons. The molecule has 2 amide bonds. The number of aliphatic hydroxyl groups is 1. The number of nitrogens with one attached hydrogen (secondary N) is 1. The fraction of sp³-hybridized carbons (Fsp3) is 0.857. The lowest BCUT2D eigenvalue weighted by Crippen LogP contribution is -2.56. The number of likely N-dealkylation sites (tertiary alicyclic amines) is 1. The molecule has 2 unspecified atom stereocenters. The minimum atomic E-state index is -0.997. The van der Waals surface area contributed by atoms with Gasteiger partial charge in [-0.3, -0.25) is 14.4 Å². The molecular formula is C21H34N2O6. The Labute approximate surface area is 172 Å². The Hall–Kier alpha value is -1.67. The number of esters is 1. The van der Waals surface area contributed by atoms with Crippen LogP contribution in [0.5, 0.6) is 0 Å². The van der Waals surface area contributed by atoms with Gasteiger partial charge in [0.1, 0.15) is 17.6 Å². The lowest BCUT2D eigenvalue weighted by atomic mass is 9.65. The van der Waals surface area contributed by atoms with Crippen LogP contribution in [0.15, 0.2) is 0 Å². The molecule has 1 spiro atoms. The van der Waals surface area contributed by atoms with Crippen LogP contribution in [0.2, 0.25) is 0 Å². The van der Waals surface area contributed by atoms with E-state index < -0.39 is 35.0 Å². The third kappa shape index (κ3) is 3.34. The van der Waals surface area contributed by atoms with Crippen LogP contribution in [-0.4, -0.2) is 70.8 Å². The van der Waals surface area contributed by atoms with Crippen molar-refractivity contribution in [2.75, 3.05) is 19.8 Å². The first-order valence-electron chi connectivity index (χ1n) is 10.9. The van der Waals surface area contributed by atoms with Crippen LogP contribution in [0.3, 0.4) is 0 Å². The standard InChI is InChI=1S/C21H34N2O6/c1-5-20-9-10-21(29-20)14(15(20)19(27)28-6-2)18(26)23(11-7-8-12-24)16(21)17(25)22-13(3)4/h13-16,24H,5-12H2,1-4H3,(H,22,25)/t14-,15-,16?,20+,21?/m0/s1. The highest BCUT2D eigenvalue weighted by molar-refractivity contribution is 5.98. The third-order valence-corrected chi connectivity index (χ3v) is 6.71. The number of rotatable bonds is 9. The van der Waals surface area contributed by atoms with Crippen LogP contribution in [0.1, 0.15) is 59.8 Å². The summed E-state index contributed by atoms with van der Waals surface area (Å²) in [5.74, 6) is -2.25. The number of carbonyl (C=O) groups excluding carboxylic acids is 3. The first-order valence-corrected chi connectivity index (χ1v) is 10.9. The Bertz CT molecular complexity index is 668. The van der Waals surface area contributed by atoms with E-state index in [-0.39, 0.29) is 31.1 Å². The fourth-order valence-corrected chi connectivity index (χ4v) is 5.61. The number of nitrogens with zero attached hydrogens (tertiary/aromatic N) is 1. The topological polar surface area (TPSA) is 105 Å². The van der Waals surface area contributed by atoms with Crippen LogP contribution in [-0.2, 0) is 23.9 Å². The number of aliphatic hydroxyl groups excluding tert-OH is 1. The minimum absolute atomic E-state index is 0.0281. The van der Waals surface area contributed by atoms with Crippen LogP contribution < -0.4 is 5.32 Å². The van der Waals surface area contributed by atoms with Crippen LogP contribution >= 0.6 is 0 Å². The van der Waals surface area contributed by atoms with Crippen molar-refractivity contribution in [2.24, 2.45) is 11.8 Å². The highest BCUT2D eigenvalue weighted by Gasteiger charge is 2.78. The molecule has 3 rings (SSSR count). The van der Waals surface area contributed by atoms with Gasteiger partial charge < -0.3 is 24.8 Å². The largest absolute Gasteiger partial charge is 0.466 e. The molecule has 29 heavy (non-hydrogen) atoms. The molecule has 3 aliphatic rings. The second-order valence-corrected chi connectivity index (χ2v) is 8.71. The van der Waals surface area contributed by atoms with Gasteiger partial charge in [0, 0.05) is 19.2 Å². The molecule has 8 heteroatoms. The summed E-state index contributed by atoms with van der Waals surface area (Å²) in [5, 5.41) is 12.1. The van der Waals surface area contributed by atoms with Crippen molar-refractivity contribution < 1.29 is 29.0 Å². The third-order valence-electron chi connectivity index (χ3n) is 6.71. The average molecular weight is 411 g/mol. The Morgan fingerprint density at radius 1 is 1.31 bits per heavy atom. The maximum Gasteiger partial charge on any atom is 0.312 e. The number of ether oxygens (including phenoxy) is 2. The summed E-state index contributed by atoms with van der Waals surface area (Å²) in [6.45, 7) is 8.08. The van der Waals surface area contributed by atoms with Crippen molar-refractivity contribution in [3.05, 3.63) is 0 Å². The van der Waals surface area contributed by atoms with E-state index in [1.165, 1.54) is 0 Å². The number of hydrogen-bond donors (Lipinski definition) is 2. The van der Waals surface area contributed by atoms with Gasteiger partial charge in [-0.05, 0) is 52.9 Å². The highest BCUT2D eigenvalue weighted by Crippen LogP contribution is 2.64. The SMILES string of the molecule is CCOC(=O)[C@@H]1[C@H]2C(=O)N(CCCCO)C(C(=O)NC(C)C)C23CC[C@@]1(CC)O3. The average Bonchev–Trinajstić information content (AvgIpc) is 3.26. The second-order valence-electron chi connectivity index (χ2n) is 8.71. The van der Waals surface area contributed by atoms with Gasteiger partial charge in [-0.1, -0.05) is 6.92 Å². The van der Waals surface area contributed by atoms with Crippen molar-refractivity contribution in [1.82, 2.24) is 10.2 Å². The maximum atomic E-state index is 13.5. The monoisotopic (exact) mass is 410 g/mol. The number of carbonyl (C=O) groups is 3. The number of fused-ring (bicyclic) bond motifs is 1. The summed E-state index contributed by atoms with van der Waals surface area (Å²) in [7, 11) is 0. The van der Waals surface area contributed by atoms with Gasteiger partial charge in [-0.2, -0.15) is 0 Å². The Morgan fingerprint density at radius 3 is 2.62 bits per heavy atom. The smallest absolute Gasteiger partial charge is 0.312 e. The first-order chi connectivity index (χ1) is 13.8. The van der Waals surface area contributed by atoms with Gasteiger partial charge in [0.2, 0.25) is 11.8 Å². The minimum Gasteiger partial charge on any atom is -0.466 e. The lowest BCUT2D eigenvalue weighted by Gasteiger charge is -2.34. The summed E-state index contributed by atoms with van der Waals surface area (Å²) < 4.78 is 11.9. The molecule has 0 saturated carbocycles. The summed E-state index contributed by atoms with van der Waals surface area (Å²) in [6.07, 6.45) is 2.91. The second kappa shape index (κ2) is 8.22. The van der Waals surface area contributed by atoms with Crippen molar-refractivity contribution >= 4 is 17.8 Å². The molecule has 3 saturated heterocycles. The number of unbranched alkanes of at least 4 members (excludes halogenated alkanes) is 1. The summed E-state index contributed by atoms with van der Waals surface area (Å²) in [4.78, 5) is 41.2. The summed E-state index contributed by atoms with van der Waals surface area (Å²) >= 11 is 0. The van der Waals surface area contributed by atoms with Crippen molar-refractivity contribution in [3.63, 3.8) is 0 Å². The molecule has 2 N–H and O–H groups in total. The lowest BCUT2D eigenvalue weighted by molar-refractivity contribution is -0.160. The van der Waals surface area contributed by atoms with Crippen molar-refractivity contribution in [1.29, 1.82) is 0 Å². The van der Waals surface area contributed by atoms with Gasteiger partial charge in [0.15, 0.2) is 0 Å². The number of hydrogen-bond acceptors (Lipinski definition) is 6. The maximum absolute atomic E-state index is 13.5. The van der Waals surface area contributed by atoms with E-state index in [4.69, 9.17) is 14.6 Å². The molecule has 0 aliphatic carbocycles. The quantitative estimate of drug-likeness (QED) is 0.434. The van der Waals surface area contributed by atoms with Crippen LogP contribution in [0.25, 0.3) is 0 Å². The van der Waals surface area contributed by atoms with Crippen LogP contribution in [0, 0.1) is 11.8 Å². The van der Waals surface area contributed by atoms with Gasteiger partial charge in [-0.25, -0.2) is 0 Å². The Morgan fingerprint density at radius 2 is 2.03 bits per heavy atom. The molecule has 0 aromatic carbocycles. The van der Waals surface area contributed by atoms with E-state index in [1.54, 1.807) is 11.8 Å². The zero-order valence-corrected chi connectivity index (χ0v) is 17.9. The molecular weight excluding hydrogens is 376 g/mol. The molecule has 8 nitrogen and oxygen atoms in total. The van der Waals surface area contributed by atoms with E-state index in [0.29, 0.717) is 38.6 Å². The molecule has 3 aliphatic heterocycles. The predicted molar refractivity (Wildman–Crippen MR) is 105 cm³/mol. The molecule has 3 fully saturated rings. The van der Waals surface area contributed by atoms with E-state index in [9.17, 15) is 14.4 Å².